The van der Waals surface area contributed by atoms with Gasteiger partial charge in [0.1, 0.15) is 0 Å². The number of allylic oxidation sites excluding steroid dienone is 2. The van der Waals surface area contributed by atoms with E-state index in [1.165, 1.54) is 0 Å². The topological polar surface area (TPSA) is 20.2 Å². The molecule has 1 nitrogen and oxygen atoms in total. The van der Waals surface area contributed by atoms with E-state index >= 15 is 0 Å². The molecule has 0 aliphatic heterocycles. The molecule has 0 amide bonds. The standard InChI is InChI=1S/C6H3F5O/c7-2-1-6(11,12)5(10)4(9)3(2)8/h1,5,12H. The summed E-state index contributed by atoms with van der Waals surface area (Å²) in [5.41, 5.74) is 0. The summed E-state index contributed by atoms with van der Waals surface area (Å²) in [4.78, 5) is 0. The van der Waals surface area contributed by atoms with Crippen molar-refractivity contribution in [1.29, 1.82) is 0 Å². The van der Waals surface area contributed by atoms with Crippen molar-refractivity contribution in [2.45, 2.75) is 12.0 Å². The van der Waals surface area contributed by atoms with Crippen LogP contribution in [-0.2, 0) is 0 Å². The summed E-state index contributed by atoms with van der Waals surface area (Å²) in [6.07, 6.45) is -3.58. The van der Waals surface area contributed by atoms with Crippen LogP contribution in [-0.4, -0.2) is 17.1 Å². The molecule has 0 saturated heterocycles. The summed E-state index contributed by atoms with van der Waals surface area (Å²) in [5, 5.41) is 8.30. The molecule has 1 rings (SSSR count). The van der Waals surface area contributed by atoms with Crippen LogP contribution in [0, 0.1) is 0 Å². The van der Waals surface area contributed by atoms with Crippen LogP contribution >= 0.6 is 0 Å². The molecule has 1 aliphatic carbocycles. The van der Waals surface area contributed by atoms with Crippen LogP contribution in [0.2, 0.25) is 0 Å². The van der Waals surface area contributed by atoms with Gasteiger partial charge in [0.25, 0.3) is 5.85 Å². The number of hydrogen-bond donors (Lipinski definition) is 1. The number of alkyl halides is 2. The van der Waals surface area contributed by atoms with Gasteiger partial charge in [-0.05, 0) is 0 Å². The van der Waals surface area contributed by atoms with Gasteiger partial charge in [0, 0.05) is 6.08 Å². The molecule has 12 heavy (non-hydrogen) atoms. The second-order valence-corrected chi connectivity index (χ2v) is 2.24. The van der Waals surface area contributed by atoms with Crippen molar-refractivity contribution in [1.82, 2.24) is 0 Å². The minimum atomic E-state index is -3.82. The molecule has 1 N–H and O–H groups in total. The van der Waals surface area contributed by atoms with Crippen molar-refractivity contribution >= 4 is 0 Å². The molecule has 0 aromatic rings. The molecule has 2 unspecified atom stereocenters. The Morgan fingerprint density at radius 2 is 1.83 bits per heavy atom. The molecule has 68 valence electrons. The Morgan fingerprint density at radius 3 is 2.33 bits per heavy atom. The van der Waals surface area contributed by atoms with Crippen molar-refractivity contribution in [3.05, 3.63) is 23.6 Å². The molecule has 0 heterocycles. The van der Waals surface area contributed by atoms with Gasteiger partial charge in [-0.1, -0.05) is 0 Å². The number of halogens is 5. The first-order chi connectivity index (χ1) is 5.36. The molecule has 0 saturated carbocycles. The van der Waals surface area contributed by atoms with E-state index in [0.717, 1.165) is 0 Å². The molecule has 0 bridgehead atoms. The highest BCUT2D eigenvalue weighted by Crippen LogP contribution is 2.36. The Balaban J connectivity index is 3.15. The molecule has 2 atom stereocenters. The SMILES string of the molecule is OC1(F)C=C(F)C(F)=C(F)C1F. The van der Waals surface area contributed by atoms with E-state index in [-0.39, 0.29) is 6.08 Å². The fraction of sp³-hybridized carbons (Fsp3) is 0.333. The van der Waals surface area contributed by atoms with Gasteiger partial charge >= 0.3 is 0 Å². The molecule has 1 aliphatic rings. The quantitative estimate of drug-likeness (QED) is 0.573. The Labute approximate surface area is 63.8 Å². The first-order valence-corrected chi connectivity index (χ1v) is 2.85. The Hall–Kier alpha value is -0.910. The monoisotopic (exact) mass is 186 g/mol. The lowest BCUT2D eigenvalue weighted by atomic mass is 10.1. The van der Waals surface area contributed by atoms with E-state index in [1.54, 1.807) is 0 Å². The number of aliphatic hydroxyl groups is 1. The van der Waals surface area contributed by atoms with Gasteiger partial charge in [-0.2, -0.15) is 0 Å². The van der Waals surface area contributed by atoms with Crippen molar-refractivity contribution in [2.24, 2.45) is 0 Å². The van der Waals surface area contributed by atoms with Crippen LogP contribution in [0.3, 0.4) is 0 Å². The van der Waals surface area contributed by atoms with E-state index in [0.29, 0.717) is 0 Å². The van der Waals surface area contributed by atoms with Gasteiger partial charge in [0.05, 0.1) is 0 Å². The van der Waals surface area contributed by atoms with Gasteiger partial charge in [-0.15, -0.1) is 0 Å². The van der Waals surface area contributed by atoms with E-state index in [4.69, 9.17) is 5.11 Å². The molecule has 0 spiro atoms. The van der Waals surface area contributed by atoms with Crippen molar-refractivity contribution in [3.63, 3.8) is 0 Å². The van der Waals surface area contributed by atoms with E-state index < -0.39 is 29.5 Å². The van der Waals surface area contributed by atoms with Crippen LogP contribution in [0.5, 0.6) is 0 Å². The first-order valence-electron chi connectivity index (χ1n) is 2.85. The second kappa shape index (κ2) is 2.55. The molecular formula is C6H3F5O. The van der Waals surface area contributed by atoms with Crippen molar-refractivity contribution in [3.8, 4) is 0 Å². The Kier molecular flexibility index (Phi) is 1.95. The van der Waals surface area contributed by atoms with Crippen molar-refractivity contribution < 1.29 is 27.1 Å². The van der Waals surface area contributed by atoms with Gasteiger partial charge in [-0.3, -0.25) is 0 Å². The number of rotatable bonds is 0. The highest BCUT2D eigenvalue weighted by molar-refractivity contribution is 5.33. The van der Waals surface area contributed by atoms with E-state index in [2.05, 4.69) is 0 Å². The summed E-state index contributed by atoms with van der Waals surface area (Å²) in [5.74, 6) is -10.2. The Bertz CT molecular complexity index is 267. The predicted octanol–water partition coefficient (Wildman–Crippen LogP) is 2.00. The van der Waals surface area contributed by atoms with Gasteiger partial charge in [0.15, 0.2) is 17.5 Å². The normalized spacial score (nSPS) is 36.8. The molecule has 0 aromatic carbocycles. The summed E-state index contributed by atoms with van der Waals surface area (Å²) < 4.78 is 61.0. The fourth-order valence-corrected chi connectivity index (χ4v) is 0.717. The summed E-state index contributed by atoms with van der Waals surface area (Å²) >= 11 is 0. The zero-order valence-electron chi connectivity index (χ0n) is 5.49. The zero-order chi connectivity index (χ0) is 9.52. The van der Waals surface area contributed by atoms with Gasteiger partial charge in [0.2, 0.25) is 6.17 Å². The summed E-state index contributed by atoms with van der Waals surface area (Å²) in [7, 11) is 0. The van der Waals surface area contributed by atoms with E-state index in [9.17, 15) is 22.0 Å². The third kappa shape index (κ3) is 1.22. The smallest absolute Gasteiger partial charge is 0.267 e. The lowest BCUT2D eigenvalue weighted by molar-refractivity contribution is -0.0994. The third-order valence-electron chi connectivity index (χ3n) is 1.33. The van der Waals surface area contributed by atoms with Gasteiger partial charge < -0.3 is 5.11 Å². The van der Waals surface area contributed by atoms with Crippen LogP contribution in [0.25, 0.3) is 0 Å². The van der Waals surface area contributed by atoms with Crippen LogP contribution in [0.4, 0.5) is 22.0 Å². The minimum absolute atomic E-state index is 0.365. The summed E-state index contributed by atoms with van der Waals surface area (Å²) in [6, 6.07) is 0. The van der Waals surface area contributed by atoms with Gasteiger partial charge in [-0.25, -0.2) is 22.0 Å². The first kappa shape index (κ1) is 9.18. The fourth-order valence-electron chi connectivity index (χ4n) is 0.717. The molecule has 0 radical (unpaired) electrons. The number of hydrogen-bond acceptors (Lipinski definition) is 1. The summed E-state index contributed by atoms with van der Waals surface area (Å²) in [6.45, 7) is 0. The maximum atomic E-state index is 12.4. The third-order valence-corrected chi connectivity index (χ3v) is 1.33. The minimum Gasteiger partial charge on any atom is -0.356 e. The van der Waals surface area contributed by atoms with Crippen LogP contribution in [0.15, 0.2) is 23.6 Å². The highest BCUT2D eigenvalue weighted by atomic mass is 19.2. The largest absolute Gasteiger partial charge is 0.356 e. The van der Waals surface area contributed by atoms with Crippen LogP contribution < -0.4 is 0 Å². The van der Waals surface area contributed by atoms with Crippen LogP contribution in [0.1, 0.15) is 0 Å². The average Bonchev–Trinajstić information content (AvgIpc) is 1.97. The molecule has 0 aromatic heterocycles. The lowest BCUT2D eigenvalue weighted by Crippen LogP contribution is -2.36. The average molecular weight is 186 g/mol. The molecular weight excluding hydrogens is 183 g/mol. The maximum absolute atomic E-state index is 12.4. The predicted molar refractivity (Wildman–Crippen MR) is 29.4 cm³/mol. The second-order valence-electron chi connectivity index (χ2n) is 2.24. The Morgan fingerprint density at radius 1 is 1.33 bits per heavy atom. The molecule has 6 heteroatoms. The lowest BCUT2D eigenvalue weighted by Gasteiger charge is -2.21. The van der Waals surface area contributed by atoms with E-state index in [1.807, 2.05) is 0 Å². The van der Waals surface area contributed by atoms with Crippen molar-refractivity contribution in [2.75, 3.05) is 0 Å². The highest BCUT2D eigenvalue weighted by Gasteiger charge is 2.45. The zero-order valence-corrected chi connectivity index (χ0v) is 5.49. The molecule has 0 fully saturated rings. The maximum Gasteiger partial charge on any atom is 0.267 e.